The van der Waals surface area contributed by atoms with Crippen molar-refractivity contribution in [2.45, 2.75) is 0 Å². The van der Waals surface area contributed by atoms with Crippen LogP contribution in [0.5, 0.6) is 0 Å². The molecule has 4 nitrogen and oxygen atoms in total. The van der Waals surface area contributed by atoms with Crippen molar-refractivity contribution in [3.8, 4) is 0 Å². The molecule has 0 bridgehead atoms. The van der Waals surface area contributed by atoms with Crippen LogP contribution in [-0.4, -0.2) is 5.84 Å². The van der Waals surface area contributed by atoms with Gasteiger partial charge in [0.2, 0.25) is 5.84 Å². The maximum atomic E-state index is 4.39. The number of nitrogens with zero attached hydrogens (tertiary/aromatic N) is 3. The Morgan fingerprint density at radius 2 is 1.22 bits per heavy atom. The van der Waals surface area contributed by atoms with Crippen LogP contribution < -0.4 is 5.43 Å². The topological polar surface area (TPSA) is 49.1 Å². The molecule has 0 aliphatic heterocycles. The number of nitrogens with one attached hydrogen (secondary N) is 1. The van der Waals surface area contributed by atoms with Gasteiger partial charge >= 0.3 is 0 Å². The minimum Gasteiger partial charge on any atom is -0.276 e. The highest BCUT2D eigenvalue weighted by molar-refractivity contribution is 5.99. The van der Waals surface area contributed by atoms with Crippen molar-refractivity contribution < 1.29 is 0 Å². The van der Waals surface area contributed by atoms with Gasteiger partial charge in [-0.2, -0.15) is 5.10 Å². The van der Waals surface area contributed by atoms with Gasteiger partial charge in [0.05, 0.1) is 11.4 Å². The number of para-hydroxylation sites is 1. The van der Waals surface area contributed by atoms with Crippen LogP contribution in [0, 0.1) is 0 Å². The van der Waals surface area contributed by atoms with Gasteiger partial charge in [0.1, 0.15) is 0 Å². The minimum atomic E-state index is 0.526. The van der Waals surface area contributed by atoms with Gasteiger partial charge in [0.15, 0.2) is 0 Å². The summed E-state index contributed by atoms with van der Waals surface area (Å²) in [4.78, 5) is 0. The van der Waals surface area contributed by atoms with Crippen LogP contribution in [0.3, 0.4) is 0 Å². The molecule has 0 amide bonds. The van der Waals surface area contributed by atoms with Crippen LogP contribution in [0.1, 0.15) is 5.56 Å². The Morgan fingerprint density at radius 3 is 1.87 bits per heavy atom. The van der Waals surface area contributed by atoms with Crippen LogP contribution in [0.15, 0.2) is 106 Å². The van der Waals surface area contributed by atoms with E-state index in [9.17, 15) is 0 Å². The number of hydrazone groups is 1. The van der Waals surface area contributed by atoms with Crippen molar-refractivity contribution in [1.29, 1.82) is 0 Å². The molecule has 0 saturated heterocycles. The molecule has 0 aromatic heterocycles. The van der Waals surface area contributed by atoms with E-state index in [0.717, 1.165) is 16.9 Å². The molecule has 1 N–H and O–H groups in total. The van der Waals surface area contributed by atoms with Crippen molar-refractivity contribution in [3.05, 3.63) is 96.6 Å². The molecule has 0 spiro atoms. The number of benzene rings is 3. The van der Waals surface area contributed by atoms with E-state index in [4.69, 9.17) is 0 Å². The third kappa shape index (κ3) is 4.35. The van der Waals surface area contributed by atoms with Gasteiger partial charge in [-0.1, -0.05) is 66.7 Å². The van der Waals surface area contributed by atoms with E-state index in [1.54, 1.807) is 0 Å². The maximum absolute atomic E-state index is 4.39. The number of hydrogen-bond acceptors (Lipinski definition) is 3. The van der Waals surface area contributed by atoms with Crippen molar-refractivity contribution in [2.24, 2.45) is 15.3 Å². The first-order chi connectivity index (χ1) is 11.4. The average Bonchev–Trinajstić information content (AvgIpc) is 2.64. The zero-order chi connectivity index (χ0) is 15.7. The highest BCUT2D eigenvalue weighted by Crippen LogP contribution is 2.13. The molecule has 23 heavy (non-hydrogen) atoms. The summed E-state index contributed by atoms with van der Waals surface area (Å²) in [6, 6.07) is 29.1. The molecule has 0 saturated carbocycles. The monoisotopic (exact) mass is 300 g/mol. The van der Waals surface area contributed by atoms with Crippen molar-refractivity contribution in [1.82, 2.24) is 0 Å². The summed E-state index contributed by atoms with van der Waals surface area (Å²) in [5, 5.41) is 12.9. The molecule has 0 heterocycles. The second kappa shape index (κ2) is 7.66. The Labute approximate surface area is 135 Å². The normalized spacial score (nSPS) is 11.6. The summed E-state index contributed by atoms with van der Waals surface area (Å²) < 4.78 is 0. The van der Waals surface area contributed by atoms with Gasteiger partial charge in [-0.05, 0) is 24.3 Å². The number of azo groups is 1. The molecule has 3 rings (SSSR count). The van der Waals surface area contributed by atoms with Crippen LogP contribution in [0.25, 0.3) is 0 Å². The predicted molar refractivity (Wildman–Crippen MR) is 94.0 cm³/mol. The van der Waals surface area contributed by atoms with Gasteiger partial charge in [0.25, 0.3) is 0 Å². The van der Waals surface area contributed by atoms with Crippen molar-refractivity contribution >= 4 is 17.2 Å². The highest BCUT2D eigenvalue weighted by Gasteiger charge is 2.02. The van der Waals surface area contributed by atoms with Gasteiger partial charge in [-0.3, -0.25) is 5.43 Å². The number of anilines is 1. The van der Waals surface area contributed by atoms with Crippen LogP contribution >= 0.6 is 0 Å². The summed E-state index contributed by atoms with van der Waals surface area (Å²) in [5.41, 5.74) is 5.60. The third-order valence-corrected chi connectivity index (χ3v) is 3.11. The fraction of sp³-hybridized carbons (Fsp3) is 0. The van der Waals surface area contributed by atoms with E-state index < -0.39 is 0 Å². The summed E-state index contributed by atoms with van der Waals surface area (Å²) >= 11 is 0. The molecule has 3 aromatic carbocycles. The molecular weight excluding hydrogens is 284 g/mol. The van der Waals surface area contributed by atoms with E-state index in [0.29, 0.717) is 5.84 Å². The fourth-order valence-corrected chi connectivity index (χ4v) is 1.96. The Bertz CT molecular complexity index is 781. The summed E-state index contributed by atoms with van der Waals surface area (Å²) in [6.45, 7) is 0. The molecule has 0 radical (unpaired) electrons. The van der Waals surface area contributed by atoms with Gasteiger partial charge in [-0.25, -0.2) is 0 Å². The first kappa shape index (κ1) is 14.7. The Kier molecular flexibility index (Phi) is 4.88. The minimum absolute atomic E-state index is 0.526. The number of amidine groups is 1. The molecular formula is C19H16N4. The molecule has 3 aromatic rings. The van der Waals surface area contributed by atoms with Gasteiger partial charge < -0.3 is 0 Å². The first-order valence-electron chi connectivity index (χ1n) is 7.33. The Hall–Kier alpha value is -3.27. The fourth-order valence-electron chi connectivity index (χ4n) is 1.96. The van der Waals surface area contributed by atoms with E-state index in [-0.39, 0.29) is 0 Å². The molecule has 4 heteroatoms. The Balaban J connectivity index is 1.86. The number of hydrogen-bond donors (Lipinski definition) is 1. The lowest BCUT2D eigenvalue weighted by Gasteiger charge is -2.03. The largest absolute Gasteiger partial charge is 0.276 e. The van der Waals surface area contributed by atoms with Gasteiger partial charge in [0, 0.05) is 5.56 Å². The third-order valence-electron chi connectivity index (χ3n) is 3.11. The Morgan fingerprint density at radius 1 is 0.652 bits per heavy atom. The summed E-state index contributed by atoms with van der Waals surface area (Å²) in [5.74, 6) is 0.526. The molecule has 112 valence electrons. The average molecular weight is 300 g/mol. The molecule has 0 aliphatic carbocycles. The summed E-state index contributed by atoms with van der Waals surface area (Å²) in [6.07, 6.45) is 0. The second-order valence-corrected chi connectivity index (χ2v) is 4.81. The molecule has 0 atom stereocenters. The standard InChI is InChI=1S/C19H16N4/c1-4-10-16(11-5-1)19(22-20-17-12-6-2-7-13-17)23-21-18-14-8-3-9-15-18/h1-15,20H/b22-19+,23-21?. The summed E-state index contributed by atoms with van der Waals surface area (Å²) in [7, 11) is 0. The maximum Gasteiger partial charge on any atom is 0.201 e. The predicted octanol–water partition coefficient (Wildman–Crippen LogP) is 5.24. The van der Waals surface area contributed by atoms with Crippen LogP contribution in [0.4, 0.5) is 11.4 Å². The smallest absolute Gasteiger partial charge is 0.201 e. The lowest BCUT2D eigenvalue weighted by Crippen LogP contribution is -2.00. The van der Waals surface area contributed by atoms with Crippen LogP contribution in [0.2, 0.25) is 0 Å². The van der Waals surface area contributed by atoms with E-state index in [1.807, 2.05) is 91.0 Å². The van der Waals surface area contributed by atoms with Crippen molar-refractivity contribution in [2.75, 3.05) is 5.43 Å². The zero-order valence-electron chi connectivity index (χ0n) is 12.5. The molecule has 0 unspecified atom stereocenters. The zero-order valence-corrected chi connectivity index (χ0v) is 12.5. The number of rotatable bonds is 4. The van der Waals surface area contributed by atoms with E-state index in [1.165, 1.54) is 0 Å². The van der Waals surface area contributed by atoms with E-state index >= 15 is 0 Å². The first-order valence-corrected chi connectivity index (χ1v) is 7.33. The highest BCUT2D eigenvalue weighted by atomic mass is 15.3. The van der Waals surface area contributed by atoms with Crippen LogP contribution in [-0.2, 0) is 0 Å². The molecule has 0 fully saturated rings. The van der Waals surface area contributed by atoms with Gasteiger partial charge in [-0.15, -0.1) is 10.2 Å². The lowest BCUT2D eigenvalue weighted by atomic mass is 10.2. The SMILES string of the molecule is c1ccc(N=N/C(=N/Nc2ccccc2)c2ccccc2)cc1. The van der Waals surface area contributed by atoms with Crippen molar-refractivity contribution in [3.63, 3.8) is 0 Å². The second-order valence-electron chi connectivity index (χ2n) is 4.81. The lowest BCUT2D eigenvalue weighted by molar-refractivity contribution is 1.22. The molecule has 0 aliphatic rings. The quantitative estimate of drug-likeness (QED) is 0.304. The van der Waals surface area contributed by atoms with E-state index in [2.05, 4.69) is 20.8 Å².